The van der Waals surface area contributed by atoms with E-state index in [0.29, 0.717) is 6.10 Å². The lowest BCUT2D eigenvalue weighted by atomic mass is 10.1. The molecule has 128 valence electrons. The van der Waals surface area contributed by atoms with E-state index in [0.717, 1.165) is 44.2 Å². The van der Waals surface area contributed by atoms with Crippen molar-refractivity contribution in [1.82, 2.24) is 10.2 Å². The van der Waals surface area contributed by atoms with E-state index in [2.05, 4.69) is 22.1 Å². The first-order valence-electron chi connectivity index (χ1n) is 9.00. The van der Waals surface area contributed by atoms with Crippen molar-refractivity contribution < 1.29 is 4.74 Å². The van der Waals surface area contributed by atoms with E-state index >= 15 is 0 Å². The zero-order valence-electron chi connectivity index (χ0n) is 14.6. The van der Waals surface area contributed by atoms with E-state index in [4.69, 9.17) is 4.74 Å². The van der Waals surface area contributed by atoms with Crippen LogP contribution in [-0.4, -0.2) is 43.6 Å². The third kappa shape index (κ3) is 6.12. The van der Waals surface area contributed by atoms with Crippen molar-refractivity contribution in [2.75, 3.05) is 26.7 Å². The minimum absolute atomic E-state index is 0.316. The molecule has 0 aromatic heterocycles. The van der Waals surface area contributed by atoms with Gasteiger partial charge in [-0.15, -0.1) is 0 Å². The molecule has 1 heterocycles. The van der Waals surface area contributed by atoms with Crippen molar-refractivity contribution in [3.63, 3.8) is 0 Å². The van der Waals surface area contributed by atoms with E-state index < -0.39 is 0 Å². The molecule has 1 aliphatic heterocycles. The highest BCUT2D eigenvalue weighted by atomic mass is 16.5. The van der Waals surface area contributed by atoms with Crippen LogP contribution in [0.4, 0.5) is 0 Å². The largest absolute Gasteiger partial charge is 0.490 e. The molecule has 0 spiro atoms. The van der Waals surface area contributed by atoms with Gasteiger partial charge in [-0.2, -0.15) is 0 Å². The molecular weight excluding hydrogens is 286 g/mol. The van der Waals surface area contributed by atoms with Gasteiger partial charge < -0.3 is 15.0 Å². The van der Waals surface area contributed by atoms with Crippen LogP contribution < -0.4 is 10.1 Å². The van der Waals surface area contributed by atoms with Gasteiger partial charge in [-0.25, -0.2) is 0 Å². The molecule has 1 saturated heterocycles. The number of likely N-dealkylation sites (tertiary alicyclic amines) is 1. The predicted molar refractivity (Wildman–Crippen MR) is 97.2 cm³/mol. The van der Waals surface area contributed by atoms with Gasteiger partial charge in [0.1, 0.15) is 11.9 Å². The van der Waals surface area contributed by atoms with Crippen LogP contribution in [-0.2, 0) is 0 Å². The lowest BCUT2D eigenvalue weighted by Crippen LogP contribution is -2.47. The fraction of sp³-hybridized carbons (Fsp3) is 0.632. The van der Waals surface area contributed by atoms with Gasteiger partial charge in [0, 0.05) is 39.5 Å². The normalized spacial score (nSPS) is 16.4. The number of para-hydroxylation sites is 1. The standard InChI is InChI=1S/C19H31N3O/c1-3-4-5-9-14-21-19(20-2)22-15-12-18(13-16-22)23-17-10-7-6-8-11-17/h6-8,10-11,18H,3-5,9,12-16H2,1-2H3,(H,20,21). The van der Waals surface area contributed by atoms with Crippen molar-refractivity contribution in [3.05, 3.63) is 30.3 Å². The summed E-state index contributed by atoms with van der Waals surface area (Å²) in [6, 6.07) is 10.1. The number of hydrogen-bond acceptors (Lipinski definition) is 2. The summed E-state index contributed by atoms with van der Waals surface area (Å²) < 4.78 is 6.06. The van der Waals surface area contributed by atoms with Crippen LogP contribution in [0, 0.1) is 0 Å². The molecular formula is C19H31N3O. The minimum Gasteiger partial charge on any atom is -0.490 e. The van der Waals surface area contributed by atoms with Gasteiger partial charge in [-0.05, 0) is 18.6 Å². The highest BCUT2D eigenvalue weighted by Gasteiger charge is 2.22. The van der Waals surface area contributed by atoms with Crippen molar-refractivity contribution in [3.8, 4) is 5.75 Å². The van der Waals surface area contributed by atoms with E-state index in [-0.39, 0.29) is 0 Å². The van der Waals surface area contributed by atoms with Gasteiger partial charge >= 0.3 is 0 Å². The van der Waals surface area contributed by atoms with Crippen LogP contribution >= 0.6 is 0 Å². The molecule has 0 atom stereocenters. The molecule has 1 aliphatic rings. The molecule has 0 radical (unpaired) electrons. The van der Waals surface area contributed by atoms with Gasteiger partial charge in [0.2, 0.25) is 0 Å². The average Bonchev–Trinajstić information content (AvgIpc) is 2.60. The highest BCUT2D eigenvalue weighted by Crippen LogP contribution is 2.18. The molecule has 2 rings (SSSR count). The first-order valence-corrected chi connectivity index (χ1v) is 9.00. The molecule has 1 aromatic rings. The van der Waals surface area contributed by atoms with Crippen LogP contribution in [0.2, 0.25) is 0 Å². The Labute approximate surface area is 140 Å². The molecule has 0 amide bonds. The number of hydrogen-bond donors (Lipinski definition) is 1. The molecule has 1 N–H and O–H groups in total. The maximum absolute atomic E-state index is 6.06. The van der Waals surface area contributed by atoms with Crippen molar-refractivity contribution in [2.45, 2.75) is 51.6 Å². The summed E-state index contributed by atoms with van der Waals surface area (Å²) >= 11 is 0. The number of piperidine rings is 1. The second-order valence-corrected chi connectivity index (χ2v) is 6.15. The number of rotatable bonds is 7. The average molecular weight is 317 g/mol. The summed E-state index contributed by atoms with van der Waals surface area (Å²) in [5, 5.41) is 3.50. The second kappa shape index (κ2) is 10.1. The first kappa shape index (κ1) is 17.6. The monoisotopic (exact) mass is 317 g/mol. The van der Waals surface area contributed by atoms with Gasteiger partial charge in [0.05, 0.1) is 0 Å². The Bertz CT molecular complexity index is 453. The lowest BCUT2D eigenvalue weighted by Gasteiger charge is -2.34. The van der Waals surface area contributed by atoms with E-state index in [1.54, 1.807) is 0 Å². The Morgan fingerprint density at radius 1 is 1.17 bits per heavy atom. The molecule has 1 aromatic carbocycles. The predicted octanol–water partition coefficient (Wildman–Crippen LogP) is 3.69. The lowest BCUT2D eigenvalue weighted by molar-refractivity contribution is 0.129. The van der Waals surface area contributed by atoms with Gasteiger partial charge in [-0.1, -0.05) is 44.4 Å². The number of aliphatic imine (C=N–C) groups is 1. The van der Waals surface area contributed by atoms with Crippen LogP contribution in [0.5, 0.6) is 5.75 Å². The van der Waals surface area contributed by atoms with E-state index in [1.165, 1.54) is 25.7 Å². The SMILES string of the molecule is CCCCCCNC(=NC)N1CCC(Oc2ccccc2)CC1. The zero-order chi connectivity index (χ0) is 16.3. The zero-order valence-corrected chi connectivity index (χ0v) is 14.6. The molecule has 23 heavy (non-hydrogen) atoms. The van der Waals surface area contributed by atoms with Crippen molar-refractivity contribution in [2.24, 2.45) is 4.99 Å². The summed E-state index contributed by atoms with van der Waals surface area (Å²) in [6.45, 7) is 5.28. The Morgan fingerprint density at radius 2 is 1.91 bits per heavy atom. The van der Waals surface area contributed by atoms with Crippen LogP contribution in [0.15, 0.2) is 35.3 Å². The number of guanidine groups is 1. The Hall–Kier alpha value is -1.71. The Kier molecular flexibility index (Phi) is 7.78. The number of nitrogens with zero attached hydrogens (tertiary/aromatic N) is 2. The number of unbranched alkanes of at least 4 members (excludes halogenated alkanes) is 3. The van der Waals surface area contributed by atoms with E-state index in [9.17, 15) is 0 Å². The topological polar surface area (TPSA) is 36.9 Å². The Balaban J connectivity index is 1.69. The number of ether oxygens (including phenoxy) is 1. The quantitative estimate of drug-likeness (QED) is 0.473. The van der Waals surface area contributed by atoms with Gasteiger partial charge in [-0.3, -0.25) is 4.99 Å². The van der Waals surface area contributed by atoms with Crippen LogP contribution in [0.3, 0.4) is 0 Å². The number of benzene rings is 1. The summed E-state index contributed by atoms with van der Waals surface area (Å²) in [5.74, 6) is 2.02. The maximum atomic E-state index is 6.06. The maximum Gasteiger partial charge on any atom is 0.193 e. The minimum atomic E-state index is 0.316. The molecule has 1 fully saturated rings. The Morgan fingerprint density at radius 3 is 2.57 bits per heavy atom. The molecule has 0 unspecified atom stereocenters. The second-order valence-electron chi connectivity index (χ2n) is 6.15. The molecule has 4 nitrogen and oxygen atoms in total. The summed E-state index contributed by atoms with van der Waals surface area (Å²) in [7, 11) is 1.88. The fourth-order valence-corrected chi connectivity index (χ4v) is 2.96. The molecule has 0 aliphatic carbocycles. The summed E-state index contributed by atoms with van der Waals surface area (Å²) in [4.78, 5) is 6.78. The van der Waals surface area contributed by atoms with Crippen molar-refractivity contribution in [1.29, 1.82) is 0 Å². The van der Waals surface area contributed by atoms with Gasteiger partial charge in [0.15, 0.2) is 5.96 Å². The number of nitrogens with one attached hydrogen (secondary N) is 1. The molecule has 0 saturated carbocycles. The summed E-state index contributed by atoms with van der Waals surface area (Å²) in [5.41, 5.74) is 0. The van der Waals surface area contributed by atoms with Gasteiger partial charge in [0.25, 0.3) is 0 Å². The van der Waals surface area contributed by atoms with Crippen molar-refractivity contribution >= 4 is 5.96 Å². The third-order valence-corrected chi connectivity index (χ3v) is 4.31. The molecule has 4 heteroatoms. The molecule has 0 bridgehead atoms. The third-order valence-electron chi connectivity index (χ3n) is 4.31. The summed E-state index contributed by atoms with van der Waals surface area (Å²) in [6.07, 6.45) is 7.54. The highest BCUT2D eigenvalue weighted by molar-refractivity contribution is 5.79. The first-order chi connectivity index (χ1) is 11.3. The fourth-order valence-electron chi connectivity index (χ4n) is 2.96. The van der Waals surface area contributed by atoms with Crippen LogP contribution in [0.25, 0.3) is 0 Å². The smallest absolute Gasteiger partial charge is 0.193 e. The van der Waals surface area contributed by atoms with E-state index in [1.807, 2.05) is 37.4 Å². The van der Waals surface area contributed by atoms with Crippen LogP contribution in [0.1, 0.15) is 45.4 Å².